The molecule has 0 radical (unpaired) electrons. The van der Waals surface area contributed by atoms with Crippen LogP contribution in [0.3, 0.4) is 0 Å². The number of nitrogens with zero attached hydrogens (tertiary/aromatic N) is 1. The number of rotatable bonds is 4. The molecular weight excluding hydrogens is 260 g/mol. The van der Waals surface area contributed by atoms with Gasteiger partial charge in [0.25, 0.3) is 0 Å². The van der Waals surface area contributed by atoms with E-state index in [9.17, 15) is 0 Å². The molecule has 108 valence electrons. The number of methoxy groups -OCH3 is 1. The number of ether oxygens (including phenoxy) is 1. The van der Waals surface area contributed by atoms with E-state index in [0.29, 0.717) is 18.7 Å². The Balaban J connectivity index is 0.00000180. The Labute approximate surface area is 122 Å². The van der Waals surface area contributed by atoms with E-state index >= 15 is 0 Å². The minimum absolute atomic E-state index is 0. The second kappa shape index (κ2) is 7.85. The Hall–Kier alpha value is -0.610. The molecule has 2 unspecified atom stereocenters. The van der Waals surface area contributed by atoms with Crippen LogP contribution in [0.4, 0.5) is 0 Å². The van der Waals surface area contributed by atoms with Gasteiger partial charge in [-0.2, -0.15) is 0 Å². The molecule has 1 saturated heterocycles. The van der Waals surface area contributed by atoms with Crippen LogP contribution >= 0.6 is 12.4 Å². The van der Waals surface area contributed by atoms with Crippen molar-refractivity contribution in [1.82, 2.24) is 10.2 Å². The minimum Gasteiger partial charge on any atom is -0.380 e. The van der Waals surface area contributed by atoms with E-state index in [2.05, 4.69) is 48.3 Å². The second-order valence-corrected chi connectivity index (χ2v) is 5.42. The van der Waals surface area contributed by atoms with Crippen LogP contribution in [0.5, 0.6) is 0 Å². The molecule has 0 amide bonds. The molecule has 0 aromatic heterocycles. The van der Waals surface area contributed by atoms with Gasteiger partial charge in [-0.25, -0.2) is 0 Å². The number of benzene rings is 1. The van der Waals surface area contributed by atoms with Gasteiger partial charge in [0.05, 0.1) is 6.61 Å². The third-order valence-electron chi connectivity index (χ3n) is 3.34. The Bertz CT molecular complexity index is 376. The van der Waals surface area contributed by atoms with Crippen molar-refractivity contribution < 1.29 is 4.74 Å². The fraction of sp³-hybridized carbons (Fsp3) is 0.600. The molecule has 0 aliphatic carbocycles. The summed E-state index contributed by atoms with van der Waals surface area (Å²) in [7, 11) is 1.74. The topological polar surface area (TPSA) is 24.5 Å². The van der Waals surface area contributed by atoms with Gasteiger partial charge in [-0.1, -0.05) is 24.3 Å². The molecule has 1 aromatic rings. The molecular formula is C15H25ClN2O. The fourth-order valence-electron chi connectivity index (χ4n) is 2.81. The van der Waals surface area contributed by atoms with Crippen LogP contribution in [0, 0.1) is 0 Å². The highest BCUT2D eigenvalue weighted by Gasteiger charge is 2.20. The van der Waals surface area contributed by atoms with Crippen molar-refractivity contribution in [2.24, 2.45) is 0 Å². The quantitative estimate of drug-likeness (QED) is 0.919. The predicted octanol–water partition coefficient (Wildman–Crippen LogP) is 2.44. The molecule has 2 atom stereocenters. The van der Waals surface area contributed by atoms with Gasteiger partial charge in [0.1, 0.15) is 0 Å². The maximum absolute atomic E-state index is 5.18. The zero-order chi connectivity index (χ0) is 13.0. The SMILES string of the molecule is COCc1cccc(CN2CC(C)NC(C)C2)c1.Cl. The number of nitrogens with one attached hydrogen (secondary N) is 1. The molecule has 0 saturated carbocycles. The fourth-order valence-corrected chi connectivity index (χ4v) is 2.81. The summed E-state index contributed by atoms with van der Waals surface area (Å²) in [5.41, 5.74) is 2.64. The van der Waals surface area contributed by atoms with E-state index in [1.165, 1.54) is 11.1 Å². The Morgan fingerprint density at radius 1 is 1.21 bits per heavy atom. The largest absolute Gasteiger partial charge is 0.380 e. The van der Waals surface area contributed by atoms with Crippen molar-refractivity contribution in [3.05, 3.63) is 35.4 Å². The van der Waals surface area contributed by atoms with Crippen molar-refractivity contribution in [1.29, 1.82) is 0 Å². The molecule has 4 heteroatoms. The molecule has 2 rings (SSSR count). The number of halogens is 1. The highest BCUT2D eigenvalue weighted by molar-refractivity contribution is 5.85. The van der Waals surface area contributed by atoms with Crippen LogP contribution < -0.4 is 5.32 Å². The lowest BCUT2D eigenvalue weighted by Crippen LogP contribution is -2.53. The zero-order valence-corrected chi connectivity index (χ0v) is 12.9. The van der Waals surface area contributed by atoms with Crippen molar-refractivity contribution in [2.75, 3.05) is 20.2 Å². The van der Waals surface area contributed by atoms with Crippen molar-refractivity contribution in [3.63, 3.8) is 0 Å². The summed E-state index contributed by atoms with van der Waals surface area (Å²) >= 11 is 0. The van der Waals surface area contributed by atoms with E-state index in [0.717, 1.165) is 19.6 Å². The number of piperazine rings is 1. The zero-order valence-electron chi connectivity index (χ0n) is 12.1. The van der Waals surface area contributed by atoms with E-state index in [-0.39, 0.29) is 12.4 Å². The van der Waals surface area contributed by atoms with Crippen molar-refractivity contribution >= 4 is 12.4 Å². The average Bonchev–Trinajstić information content (AvgIpc) is 2.28. The van der Waals surface area contributed by atoms with Crippen molar-refractivity contribution in [2.45, 2.75) is 39.1 Å². The first-order valence-corrected chi connectivity index (χ1v) is 6.72. The summed E-state index contributed by atoms with van der Waals surface area (Å²) in [6.07, 6.45) is 0. The van der Waals surface area contributed by atoms with Gasteiger partial charge in [0.15, 0.2) is 0 Å². The maximum atomic E-state index is 5.18. The summed E-state index contributed by atoms with van der Waals surface area (Å²) in [6, 6.07) is 9.86. The normalized spacial score (nSPS) is 23.9. The smallest absolute Gasteiger partial charge is 0.0713 e. The predicted molar refractivity (Wildman–Crippen MR) is 81.7 cm³/mol. The van der Waals surface area contributed by atoms with Gasteiger partial charge >= 0.3 is 0 Å². The molecule has 0 bridgehead atoms. The third kappa shape index (κ3) is 5.11. The van der Waals surface area contributed by atoms with Gasteiger partial charge in [-0.15, -0.1) is 12.4 Å². The molecule has 3 nitrogen and oxygen atoms in total. The lowest BCUT2D eigenvalue weighted by Gasteiger charge is -2.36. The van der Waals surface area contributed by atoms with Crippen LogP contribution in [0.25, 0.3) is 0 Å². The summed E-state index contributed by atoms with van der Waals surface area (Å²) < 4.78 is 5.18. The van der Waals surface area contributed by atoms with Gasteiger partial charge < -0.3 is 10.1 Å². The number of hydrogen-bond acceptors (Lipinski definition) is 3. The second-order valence-electron chi connectivity index (χ2n) is 5.42. The standard InChI is InChI=1S/C15H24N2O.ClH/c1-12-8-17(9-13(2)16-12)10-14-5-4-6-15(7-14)11-18-3;/h4-7,12-13,16H,8-11H2,1-3H3;1H. The molecule has 1 heterocycles. The summed E-state index contributed by atoms with van der Waals surface area (Å²) in [6.45, 7) is 8.49. The van der Waals surface area contributed by atoms with Crippen molar-refractivity contribution in [3.8, 4) is 0 Å². The van der Waals surface area contributed by atoms with Gasteiger partial charge in [-0.3, -0.25) is 4.90 Å². The summed E-state index contributed by atoms with van der Waals surface area (Å²) in [5.74, 6) is 0. The average molecular weight is 285 g/mol. The van der Waals surface area contributed by atoms with E-state index < -0.39 is 0 Å². The minimum atomic E-state index is 0. The highest BCUT2D eigenvalue weighted by atomic mass is 35.5. The van der Waals surface area contributed by atoms with Gasteiger partial charge in [-0.05, 0) is 25.0 Å². The lowest BCUT2D eigenvalue weighted by atomic mass is 10.1. The van der Waals surface area contributed by atoms with Crippen LogP contribution in [0.1, 0.15) is 25.0 Å². The van der Waals surface area contributed by atoms with Crippen LogP contribution in [-0.4, -0.2) is 37.2 Å². The maximum Gasteiger partial charge on any atom is 0.0713 e. The van der Waals surface area contributed by atoms with Gasteiger partial charge in [0, 0.05) is 38.8 Å². The van der Waals surface area contributed by atoms with Gasteiger partial charge in [0.2, 0.25) is 0 Å². The lowest BCUT2D eigenvalue weighted by molar-refractivity contribution is 0.166. The molecule has 1 fully saturated rings. The summed E-state index contributed by atoms with van der Waals surface area (Å²) in [4.78, 5) is 2.53. The highest BCUT2D eigenvalue weighted by Crippen LogP contribution is 2.12. The molecule has 19 heavy (non-hydrogen) atoms. The summed E-state index contributed by atoms with van der Waals surface area (Å²) in [5, 5.41) is 3.56. The van der Waals surface area contributed by atoms with E-state index in [1.54, 1.807) is 7.11 Å². The first-order chi connectivity index (χ1) is 8.67. The molecule has 1 aliphatic rings. The first-order valence-electron chi connectivity index (χ1n) is 6.72. The molecule has 1 aromatic carbocycles. The van der Waals surface area contributed by atoms with E-state index in [4.69, 9.17) is 4.74 Å². The third-order valence-corrected chi connectivity index (χ3v) is 3.34. The molecule has 1 N–H and O–H groups in total. The Morgan fingerprint density at radius 3 is 2.47 bits per heavy atom. The van der Waals surface area contributed by atoms with E-state index in [1.807, 2.05) is 0 Å². The van der Waals surface area contributed by atoms with Crippen LogP contribution in [-0.2, 0) is 17.9 Å². The van der Waals surface area contributed by atoms with Crippen LogP contribution in [0.15, 0.2) is 24.3 Å². The van der Waals surface area contributed by atoms with Crippen LogP contribution in [0.2, 0.25) is 0 Å². The monoisotopic (exact) mass is 284 g/mol. The molecule has 1 aliphatic heterocycles. The Morgan fingerprint density at radius 2 is 1.84 bits per heavy atom. The first kappa shape index (κ1) is 16.4. The number of hydrogen-bond donors (Lipinski definition) is 1. The Kier molecular flexibility index (Phi) is 6.80. The molecule has 0 spiro atoms.